The van der Waals surface area contributed by atoms with Gasteiger partial charge in [0.15, 0.2) is 0 Å². The second-order valence-corrected chi connectivity index (χ2v) is 10.5. The molecule has 4 rings (SSSR count). The Hall–Kier alpha value is -0.0800. The molecule has 0 aliphatic heterocycles. The summed E-state index contributed by atoms with van der Waals surface area (Å²) >= 11 is 0. The summed E-state index contributed by atoms with van der Waals surface area (Å²) in [6.45, 7) is 6.59. The maximum Gasteiger partial charge on any atom is 0.0622 e. The van der Waals surface area contributed by atoms with Crippen LogP contribution in [0.5, 0.6) is 0 Å². The van der Waals surface area contributed by atoms with Crippen molar-refractivity contribution in [1.29, 1.82) is 0 Å². The Labute approximate surface area is 148 Å². The average molecular weight is 335 g/mol. The quantitative estimate of drug-likeness (QED) is 0.724. The van der Waals surface area contributed by atoms with Crippen molar-refractivity contribution < 1.29 is 10.2 Å². The van der Waals surface area contributed by atoms with E-state index >= 15 is 0 Å². The number of fused-ring (bicyclic) bond motifs is 5. The van der Waals surface area contributed by atoms with Gasteiger partial charge < -0.3 is 10.2 Å². The van der Waals surface area contributed by atoms with Crippen LogP contribution in [0.25, 0.3) is 0 Å². The summed E-state index contributed by atoms with van der Waals surface area (Å²) < 4.78 is 0. The molecule has 0 aromatic heterocycles. The molecule has 0 amide bonds. The van der Waals surface area contributed by atoms with E-state index in [0.29, 0.717) is 11.3 Å². The van der Waals surface area contributed by atoms with Crippen LogP contribution in [0.1, 0.15) is 85.0 Å². The van der Waals surface area contributed by atoms with Crippen LogP contribution in [0, 0.1) is 40.9 Å². The monoisotopic (exact) mass is 334 g/mol. The molecule has 0 saturated heterocycles. The van der Waals surface area contributed by atoms with Crippen molar-refractivity contribution in [3.63, 3.8) is 0 Å². The SMILES string of the molecule is CC(O)[C@H]1CC[C@H]2[C@@H]3CCC[C@H]4C[C@](C)(O)CC[C@@H]4[C@H]3CC[C@]12C. The lowest BCUT2D eigenvalue weighted by Gasteiger charge is -2.53. The standard InChI is InChI=1S/C22H38O2/c1-14(23)19-7-8-20-18-6-4-5-15-13-21(2,24)11-9-16(15)17(18)10-12-22(19,20)3/h14-20,23-24H,4-13H2,1-3H3/t14?,15-,16-,17+,18+,19+,20-,21+,22+/m0/s1. The third kappa shape index (κ3) is 2.67. The number of hydrogen-bond donors (Lipinski definition) is 2. The minimum Gasteiger partial charge on any atom is -0.393 e. The predicted octanol–water partition coefficient (Wildman–Crippen LogP) is 4.78. The zero-order chi connectivity index (χ0) is 17.1. The molecule has 0 radical (unpaired) electrons. The smallest absolute Gasteiger partial charge is 0.0622 e. The van der Waals surface area contributed by atoms with Gasteiger partial charge in [-0.2, -0.15) is 0 Å². The molecule has 4 aliphatic carbocycles. The lowest BCUT2D eigenvalue weighted by atomic mass is 9.53. The molecule has 2 heteroatoms. The van der Waals surface area contributed by atoms with Gasteiger partial charge in [-0.3, -0.25) is 0 Å². The Bertz CT molecular complexity index is 471. The van der Waals surface area contributed by atoms with Gasteiger partial charge in [0.25, 0.3) is 0 Å². The Kier molecular flexibility index (Phi) is 4.32. The lowest BCUT2D eigenvalue weighted by molar-refractivity contribution is -0.0732. The third-order valence-electron chi connectivity index (χ3n) is 9.13. The first-order valence-corrected chi connectivity index (χ1v) is 10.7. The number of aliphatic hydroxyl groups is 2. The van der Waals surface area contributed by atoms with Gasteiger partial charge in [-0.05, 0) is 106 Å². The summed E-state index contributed by atoms with van der Waals surface area (Å²) in [5, 5.41) is 20.9. The molecule has 138 valence electrons. The van der Waals surface area contributed by atoms with Gasteiger partial charge in [-0.1, -0.05) is 19.8 Å². The predicted molar refractivity (Wildman–Crippen MR) is 97.5 cm³/mol. The zero-order valence-electron chi connectivity index (χ0n) is 16.0. The molecule has 2 N–H and O–H groups in total. The van der Waals surface area contributed by atoms with Gasteiger partial charge in [0.2, 0.25) is 0 Å². The van der Waals surface area contributed by atoms with Gasteiger partial charge in [0.05, 0.1) is 11.7 Å². The Balaban J connectivity index is 1.58. The summed E-state index contributed by atoms with van der Waals surface area (Å²) in [4.78, 5) is 0. The maximum absolute atomic E-state index is 10.6. The second-order valence-electron chi connectivity index (χ2n) is 10.5. The Morgan fingerprint density at radius 3 is 2.38 bits per heavy atom. The zero-order valence-corrected chi connectivity index (χ0v) is 16.0. The molecule has 0 heterocycles. The molecule has 0 bridgehead atoms. The van der Waals surface area contributed by atoms with Gasteiger partial charge in [0, 0.05) is 0 Å². The van der Waals surface area contributed by atoms with Crippen molar-refractivity contribution in [2.45, 2.75) is 96.7 Å². The largest absolute Gasteiger partial charge is 0.393 e. The minimum atomic E-state index is -0.408. The summed E-state index contributed by atoms with van der Waals surface area (Å²) in [6, 6.07) is 0. The highest BCUT2D eigenvalue weighted by Gasteiger charge is 2.57. The van der Waals surface area contributed by atoms with Crippen molar-refractivity contribution in [1.82, 2.24) is 0 Å². The first-order valence-electron chi connectivity index (χ1n) is 10.7. The van der Waals surface area contributed by atoms with Gasteiger partial charge in [-0.15, -0.1) is 0 Å². The van der Waals surface area contributed by atoms with E-state index in [1.807, 2.05) is 6.92 Å². The second kappa shape index (κ2) is 5.98. The number of aliphatic hydroxyl groups excluding tert-OH is 1. The summed E-state index contributed by atoms with van der Waals surface area (Å²) in [5.74, 6) is 4.80. The molecule has 2 nitrogen and oxygen atoms in total. The van der Waals surface area contributed by atoms with Crippen LogP contribution in [-0.2, 0) is 0 Å². The fraction of sp³-hybridized carbons (Fsp3) is 1.00. The van der Waals surface area contributed by atoms with E-state index in [-0.39, 0.29) is 6.10 Å². The molecule has 9 atom stereocenters. The van der Waals surface area contributed by atoms with Crippen molar-refractivity contribution in [2.75, 3.05) is 0 Å². The van der Waals surface area contributed by atoms with E-state index in [9.17, 15) is 10.2 Å². The molecular formula is C22H38O2. The van der Waals surface area contributed by atoms with Crippen LogP contribution >= 0.6 is 0 Å². The van der Waals surface area contributed by atoms with Gasteiger partial charge in [-0.25, -0.2) is 0 Å². The molecule has 4 aliphatic rings. The molecule has 4 fully saturated rings. The van der Waals surface area contributed by atoms with E-state index in [2.05, 4.69) is 13.8 Å². The normalized spacial score (nSPS) is 55.9. The Morgan fingerprint density at radius 2 is 1.62 bits per heavy atom. The van der Waals surface area contributed by atoms with Crippen LogP contribution in [0.4, 0.5) is 0 Å². The van der Waals surface area contributed by atoms with E-state index in [4.69, 9.17) is 0 Å². The van der Waals surface area contributed by atoms with Crippen LogP contribution in [-0.4, -0.2) is 21.9 Å². The topological polar surface area (TPSA) is 40.5 Å². The van der Waals surface area contributed by atoms with E-state index in [0.717, 1.165) is 42.4 Å². The average Bonchev–Trinajstić information content (AvgIpc) is 2.75. The highest BCUT2D eigenvalue weighted by molar-refractivity contribution is 5.06. The van der Waals surface area contributed by atoms with Crippen LogP contribution in [0.15, 0.2) is 0 Å². The first kappa shape index (κ1) is 17.3. The molecule has 1 unspecified atom stereocenters. The van der Waals surface area contributed by atoms with Crippen molar-refractivity contribution in [3.05, 3.63) is 0 Å². The van der Waals surface area contributed by atoms with Crippen molar-refractivity contribution in [2.24, 2.45) is 40.9 Å². The number of hydrogen-bond acceptors (Lipinski definition) is 2. The van der Waals surface area contributed by atoms with Crippen molar-refractivity contribution in [3.8, 4) is 0 Å². The van der Waals surface area contributed by atoms with Crippen LogP contribution in [0.3, 0.4) is 0 Å². The fourth-order valence-electron chi connectivity index (χ4n) is 8.12. The van der Waals surface area contributed by atoms with Crippen LogP contribution in [0.2, 0.25) is 0 Å². The summed E-state index contributed by atoms with van der Waals surface area (Å²) in [5.41, 5.74) is -0.0235. The molecule has 0 aromatic carbocycles. The molecule has 24 heavy (non-hydrogen) atoms. The summed E-state index contributed by atoms with van der Waals surface area (Å²) in [7, 11) is 0. The lowest BCUT2D eigenvalue weighted by Crippen LogP contribution is -2.47. The fourth-order valence-corrected chi connectivity index (χ4v) is 8.12. The van der Waals surface area contributed by atoms with E-state index in [1.54, 1.807) is 0 Å². The maximum atomic E-state index is 10.6. The minimum absolute atomic E-state index is 0.139. The highest BCUT2D eigenvalue weighted by atomic mass is 16.3. The first-order chi connectivity index (χ1) is 11.3. The molecule has 0 spiro atoms. The highest BCUT2D eigenvalue weighted by Crippen LogP contribution is 2.64. The van der Waals surface area contributed by atoms with E-state index in [1.165, 1.54) is 51.4 Å². The third-order valence-corrected chi connectivity index (χ3v) is 9.13. The van der Waals surface area contributed by atoms with Gasteiger partial charge >= 0.3 is 0 Å². The van der Waals surface area contributed by atoms with Crippen molar-refractivity contribution >= 4 is 0 Å². The molecule has 4 saturated carbocycles. The number of rotatable bonds is 1. The van der Waals surface area contributed by atoms with E-state index < -0.39 is 5.60 Å². The Morgan fingerprint density at radius 1 is 0.875 bits per heavy atom. The summed E-state index contributed by atoms with van der Waals surface area (Å²) in [6.07, 6.45) is 12.6. The van der Waals surface area contributed by atoms with Gasteiger partial charge in [0.1, 0.15) is 0 Å². The molecular weight excluding hydrogens is 296 g/mol. The van der Waals surface area contributed by atoms with Crippen LogP contribution < -0.4 is 0 Å². The molecule has 0 aromatic rings.